The Kier molecular flexibility index (Phi) is 59.3. The normalized spacial score (nSPS) is 6.70. The molecule has 0 fully saturated rings. The van der Waals surface area contributed by atoms with Gasteiger partial charge in [-0.25, -0.2) is 0 Å². The van der Waals surface area contributed by atoms with Crippen LogP contribution < -0.4 is 51.4 Å². The molecule has 0 atom stereocenters. The summed E-state index contributed by atoms with van der Waals surface area (Å²) in [6.45, 7) is 7.52. The SMILES string of the molecule is CC(C)=O.CCCCCC.CO.[K+].[OH-].c1ccccc1. The van der Waals surface area contributed by atoms with Crippen LogP contribution in [0.5, 0.6) is 0 Å². The molecule has 1 rings (SSSR count). The van der Waals surface area contributed by atoms with Crippen LogP contribution in [-0.2, 0) is 4.79 Å². The van der Waals surface area contributed by atoms with E-state index < -0.39 is 0 Å². The molecule has 1 aromatic carbocycles. The maximum atomic E-state index is 9.44. The van der Waals surface area contributed by atoms with Crippen molar-refractivity contribution in [2.24, 2.45) is 0 Å². The molecular formula is C16H31KO3. The van der Waals surface area contributed by atoms with Crippen LogP contribution in [0.25, 0.3) is 0 Å². The van der Waals surface area contributed by atoms with Crippen LogP contribution in [0, 0.1) is 0 Å². The standard InChI is InChI=1S/C6H6.C6H14.C3H6O.CH4O.K.H2O/c1-2-4-6-5-3-1;1-3-5-6-4-2;1-3(2)4;1-2;;/h1-6H;3-6H2,1-2H3;1-2H3;2H,1H3;;1H2/q;;;;+1;/p-1. The molecular weight excluding hydrogens is 279 g/mol. The molecule has 114 valence electrons. The van der Waals surface area contributed by atoms with E-state index in [2.05, 4.69) is 13.8 Å². The summed E-state index contributed by atoms with van der Waals surface area (Å²) in [5.41, 5.74) is 0. The van der Waals surface area contributed by atoms with Crippen molar-refractivity contribution < 1.29 is 66.8 Å². The van der Waals surface area contributed by atoms with Gasteiger partial charge in [-0.1, -0.05) is 75.9 Å². The van der Waals surface area contributed by atoms with Crippen LogP contribution in [0.1, 0.15) is 53.4 Å². The van der Waals surface area contributed by atoms with Gasteiger partial charge in [-0.15, -0.1) is 0 Å². The summed E-state index contributed by atoms with van der Waals surface area (Å²) in [6, 6.07) is 12.0. The van der Waals surface area contributed by atoms with E-state index >= 15 is 0 Å². The minimum absolute atomic E-state index is 0. The molecule has 0 radical (unpaired) electrons. The minimum Gasteiger partial charge on any atom is -0.870 e. The monoisotopic (exact) mass is 310 g/mol. The van der Waals surface area contributed by atoms with Crippen LogP contribution in [0.4, 0.5) is 0 Å². The first kappa shape index (κ1) is 32.4. The van der Waals surface area contributed by atoms with Gasteiger partial charge in [0.25, 0.3) is 0 Å². The van der Waals surface area contributed by atoms with Crippen molar-refractivity contribution >= 4 is 5.78 Å². The number of hydrogen-bond acceptors (Lipinski definition) is 3. The Hall–Kier alpha value is 0.446. The van der Waals surface area contributed by atoms with E-state index in [0.29, 0.717) is 0 Å². The number of aliphatic hydroxyl groups excluding tert-OH is 1. The van der Waals surface area contributed by atoms with Crippen molar-refractivity contribution in [2.45, 2.75) is 53.4 Å². The van der Waals surface area contributed by atoms with Gasteiger partial charge in [0.2, 0.25) is 0 Å². The number of rotatable bonds is 3. The third kappa shape index (κ3) is 62.9. The van der Waals surface area contributed by atoms with Gasteiger partial charge in [0.05, 0.1) is 0 Å². The Balaban J connectivity index is -0.0000000514. The third-order valence-electron chi connectivity index (χ3n) is 1.62. The fourth-order valence-electron chi connectivity index (χ4n) is 0.885. The van der Waals surface area contributed by atoms with E-state index in [0.717, 1.165) is 7.11 Å². The second-order valence-corrected chi connectivity index (χ2v) is 3.77. The van der Waals surface area contributed by atoms with Gasteiger partial charge in [-0.05, 0) is 13.8 Å². The summed E-state index contributed by atoms with van der Waals surface area (Å²) in [7, 11) is 1.00. The van der Waals surface area contributed by atoms with Gasteiger partial charge in [0, 0.05) is 7.11 Å². The molecule has 3 nitrogen and oxygen atoms in total. The molecule has 0 amide bonds. The summed E-state index contributed by atoms with van der Waals surface area (Å²) >= 11 is 0. The number of ketones is 1. The van der Waals surface area contributed by atoms with Crippen molar-refractivity contribution in [3.63, 3.8) is 0 Å². The van der Waals surface area contributed by atoms with E-state index in [4.69, 9.17) is 5.11 Å². The molecule has 0 spiro atoms. The molecule has 0 saturated heterocycles. The number of Topliss-reactive ketones (excluding diaryl/α,β-unsaturated/α-hetero) is 1. The Morgan fingerprint density at radius 1 is 0.800 bits per heavy atom. The first-order valence-corrected chi connectivity index (χ1v) is 6.57. The van der Waals surface area contributed by atoms with Gasteiger partial charge < -0.3 is 15.4 Å². The maximum absolute atomic E-state index is 9.44. The van der Waals surface area contributed by atoms with E-state index in [9.17, 15) is 4.79 Å². The first-order valence-electron chi connectivity index (χ1n) is 6.57. The Labute approximate surface area is 167 Å². The average Bonchev–Trinajstić information content (AvgIpc) is 2.41. The van der Waals surface area contributed by atoms with Crippen LogP contribution in [0.15, 0.2) is 36.4 Å². The molecule has 0 bridgehead atoms. The molecule has 0 heterocycles. The number of unbranched alkanes of at least 4 members (excludes halogenated alkanes) is 3. The maximum Gasteiger partial charge on any atom is 1.00 e. The summed E-state index contributed by atoms with van der Waals surface area (Å²) in [5, 5.41) is 7.00. The second kappa shape index (κ2) is 36.6. The Morgan fingerprint density at radius 2 is 0.950 bits per heavy atom. The molecule has 0 aliphatic rings. The molecule has 0 unspecified atom stereocenters. The number of benzene rings is 1. The Bertz CT molecular complexity index is 194. The smallest absolute Gasteiger partial charge is 0.870 e. The molecule has 4 heteroatoms. The van der Waals surface area contributed by atoms with Crippen LogP contribution in [0.3, 0.4) is 0 Å². The molecule has 2 N–H and O–H groups in total. The summed E-state index contributed by atoms with van der Waals surface area (Å²) in [6.07, 6.45) is 5.54. The van der Waals surface area contributed by atoms with Gasteiger partial charge in [-0.2, -0.15) is 0 Å². The van der Waals surface area contributed by atoms with Crippen molar-refractivity contribution in [3.05, 3.63) is 36.4 Å². The van der Waals surface area contributed by atoms with E-state index in [1.807, 2.05) is 36.4 Å². The second-order valence-electron chi connectivity index (χ2n) is 3.77. The zero-order valence-corrected chi connectivity index (χ0v) is 17.2. The van der Waals surface area contributed by atoms with Crippen LogP contribution in [-0.4, -0.2) is 23.5 Å². The summed E-state index contributed by atoms with van der Waals surface area (Å²) in [5.74, 6) is 0.167. The predicted molar refractivity (Wildman–Crippen MR) is 82.7 cm³/mol. The van der Waals surface area contributed by atoms with Gasteiger partial charge in [0.15, 0.2) is 0 Å². The van der Waals surface area contributed by atoms with Crippen molar-refractivity contribution in [3.8, 4) is 0 Å². The quantitative estimate of drug-likeness (QED) is 0.676. The molecule has 0 aliphatic heterocycles. The number of carbonyl (C=O) groups is 1. The molecule has 1 aromatic rings. The minimum atomic E-state index is 0. The number of carbonyl (C=O) groups excluding carboxylic acids is 1. The van der Waals surface area contributed by atoms with Gasteiger partial charge >= 0.3 is 51.4 Å². The fourth-order valence-corrected chi connectivity index (χ4v) is 0.885. The summed E-state index contributed by atoms with van der Waals surface area (Å²) < 4.78 is 0. The third-order valence-corrected chi connectivity index (χ3v) is 1.62. The van der Waals surface area contributed by atoms with Gasteiger partial charge in [-0.3, -0.25) is 0 Å². The van der Waals surface area contributed by atoms with Crippen LogP contribution in [0.2, 0.25) is 0 Å². The first-order chi connectivity index (χ1) is 8.65. The number of aliphatic hydroxyl groups is 1. The Morgan fingerprint density at radius 3 is 1.05 bits per heavy atom. The van der Waals surface area contributed by atoms with E-state index in [-0.39, 0.29) is 62.6 Å². The van der Waals surface area contributed by atoms with E-state index in [1.165, 1.54) is 39.5 Å². The average molecular weight is 311 g/mol. The van der Waals surface area contributed by atoms with Gasteiger partial charge in [0.1, 0.15) is 5.78 Å². The van der Waals surface area contributed by atoms with Crippen molar-refractivity contribution in [1.29, 1.82) is 0 Å². The summed E-state index contributed by atoms with van der Waals surface area (Å²) in [4.78, 5) is 9.44. The molecule has 20 heavy (non-hydrogen) atoms. The molecule has 0 aromatic heterocycles. The number of hydrogen-bond donors (Lipinski definition) is 1. The fraction of sp³-hybridized carbons (Fsp3) is 0.562. The largest absolute Gasteiger partial charge is 1.00 e. The zero-order valence-electron chi connectivity index (χ0n) is 14.1. The van der Waals surface area contributed by atoms with E-state index in [1.54, 1.807) is 0 Å². The van der Waals surface area contributed by atoms with Crippen molar-refractivity contribution in [2.75, 3.05) is 7.11 Å². The molecule has 0 aliphatic carbocycles. The van der Waals surface area contributed by atoms with Crippen molar-refractivity contribution in [1.82, 2.24) is 0 Å². The molecule has 0 saturated carbocycles. The van der Waals surface area contributed by atoms with Crippen LogP contribution >= 0.6 is 0 Å². The predicted octanol–water partition coefficient (Wildman–Crippen LogP) is 1.30. The topological polar surface area (TPSA) is 67.3 Å². The zero-order chi connectivity index (χ0) is 14.6.